The quantitative estimate of drug-likeness (QED) is 0.369. The van der Waals surface area contributed by atoms with E-state index >= 15 is 0 Å². The molecule has 6 heteroatoms. The van der Waals surface area contributed by atoms with Gasteiger partial charge in [-0.1, -0.05) is 19.9 Å². The molecule has 6 nitrogen and oxygen atoms in total. The fraction of sp³-hybridized carbons (Fsp3) is 0.667. The Morgan fingerprint density at radius 1 is 0.900 bits per heavy atom. The highest BCUT2D eigenvalue weighted by Gasteiger charge is 2.14. The molecule has 0 spiro atoms. The summed E-state index contributed by atoms with van der Waals surface area (Å²) in [5.74, 6) is 0.540. The Kier molecular flexibility index (Phi) is 12.6. The van der Waals surface area contributed by atoms with Gasteiger partial charge in [0.25, 0.3) is 0 Å². The van der Waals surface area contributed by atoms with Crippen LogP contribution in [0, 0.1) is 6.92 Å². The molecule has 0 heterocycles. The summed E-state index contributed by atoms with van der Waals surface area (Å²) in [4.78, 5) is 25.6. The number of rotatable bonds is 15. The van der Waals surface area contributed by atoms with Crippen LogP contribution in [0.1, 0.15) is 71.8 Å². The van der Waals surface area contributed by atoms with Gasteiger partial charge in [-0.05, 0) is 58.1 Å². The fourth-order valence-corrected chi connectivity index (χ4v) is 3.21. The molecule has 0 atom stereocenters. The first kappa shape index (κ1) is 25.8. The summed E-state index contributed by atoms with van der Waals surface area (Å²) in [5, 5.41) is 0. The number of esters is 2. The molecule has 30 heavy (non-hydrogen) atoms. The molecule has 0 aromatic heterocycles. The zero-order chi connectivity index (χ0) is 22.4. The number of hydrogen-bond acceptors (Lipinski definition) is 6. The van der Waals surface area contributed by atoms with Crippen molar-refractivity contribution in [1.82, 2.24) is 0 Å². The number of nitrogens with zero attached hydrogens (tertiary/aromatic N) is 1. The highest BCUT2D eigenvalue weighted by atomic mass is 16.5. The maximum absolute atomic E-state index is 11.7. The summed E-state index contributed by atoms with van der Waals surface area (Å²) in [7, 11) is 0. The van der Waals surface area contributed by atoms with Crippen molar-refractivity contribution < 1.29 is 23.8 Å². The van der Waals surface area contributed by atoms with Crippen LogP contribution in [0.25, 0.3) is 0 Å². The highest BCUT2D eigenvalue weighted by molar-refractivity contribution is 5.69. The fourth-order valence-electron chi connectivity index (χ4n) is 3.21. The molecule has 170 valence electrons. The van der Waals surface area contributed by atoms with Crippen molar-refractivity contribution in [1.29, 1.82) is 0 Å². The number of anilines is 1. The summed E-state index contributed by atoms with van der Waals surface area (Å²) in [6.45, 7) is 12.1. The molecule has 0 saturated heterocycles. The number of aryl methyl sites for hydroxylation is 1. The predicted octanol–water partition coefficient (Wildman–Crippen LogP) is 5.06. The molecule has 0 N–H and O–H groups in total. The van der Waals surface area contributed by atoms with Crippen LogP contribution in [-0.4, -0.2) is 44.3 Å². The van der Waals surface area contributed by atoms with E-state index in [9.17, 15) is 9.59 Å². The smallest absolute Gasteiger partial charge is 0.305 e. The lowest BCUT2D eigenvalue weighted by Gasteiger charge is -2.26. The van der Waals surface area contributed by atoms with E-state index in [0.29, 0.717) is 52.0 Å². The monoisotopic (exact) mass is 421 g/mol. The van der Waals surface area contributed by atoms with Crippen LogP contribution in [0.4, 0.5) is 5.69 Å². The third-order valence-electron chi connectivity index (χ3n) is 4.97. The van der Waals surface area contributed by atoms with E-state index in [2.05, 4.69) is 36.9 Å². The van der Waals surface area contributed by atoms with Gasteiger partial charge in [-0.15, -0.1) is 0 Å². The summed E-state index contributed by atoms with van der Waals surface area (Å²) in [5.41, 5.74) is 2.14. The van der Waals surface area contributed by atoms with Crippen molar-refractivity contribution in [3.8, 4) is 5.75 Å². The van der Waals surface area contributed by atoms with E-state index in [4.69, 9.17) is 14.2 Å². The topological polar surface area (TPSA) is 65.1 Å². The normalized spacial score (nSPS) is 10.7. The first-order valence-corrected chi connectivity index (χ1v) is 11.3. The van der Waals surface area contributed by atoms with Crippen LogP contribution < -0.4 is 9.64 Å². The largest absolute Gasteiger partial charge is 0.490 e. The van der Waals surface area contributed by atoms with E-state index in [1.54, 1.807) is 0 Å². The lowest BCUT2D eigenvalue weighted by Crippen LogP contribution is -2.27. The molecular weight excluding hydrogens is 382 g/mol. The van der Waals surface area contributed by atoms with E-state index < -0.39 is 0 Å². The number of carbonyl (C=O) groups excluding carboxylic acids is 2. The van der Waals surface area contributed by atoms with Crippen molar-refractivity contribution >= 4 is 17.6 Å². The number of hydrogen-bond donors (Lipinski definition) is 0. The zero-order valence-corrected chi connectivity index (χ0v) is 19.4. The Balaban J connectivity index is 2.87. The molecule has 0 aliphatic heterocycles. The Hall–Kier alpha value is -2.24. The van der Waals surface area contributed by atoms with Crippen molar-refractivity contribution in [2.45, 2.75) is 79.2 Å². The van der Waals surface area contributed by atoms with Gasteiger partial charge in [0.15, 0.2) is 0 Å². The van der Waals surface area contributed by atoms with Crippen LogP contribution in [-0.2, 0) is 19.1 Å². The third kappa shape index (κ3) is 9.51. The van der Waals surface area contributed by atoms with Gasteiger partial charge in [-0.2, -0.15) is 0 Å². The standard InChI is InChI=1S/C24H39NO5/c1-6-21(7-2)30-22-18-20(15-14-19(22)5)25(16-10-12-23(26)28-8-3)17-11-13-24(27)29-9-4/h14-15,18,21H,6-13,16-17H2,1-5H3. The maximum Gasteiger partial charge on any atom is 0.305 e. The Morgan fingerprint density at radius 2 is 1.43 bits per heavy atom. The van der Waals surface area contributed by atoms with Gasteiger partial charge >= 0.3 is 11.9 Å². The van der Waals surface area contributed by atoms with Gasteiger partial charge in [0, 0.05) is 37.7 Å². The molecule has 0 unspecified atom stereocenters. The van der Waals surface area contributed by atoms with Crippen LogP contribution in [0.3, 0.4) is 0 Å². The zero-order valence-electron chi connectivity index (χ0n) is 19.4. The minimum atomic E-state index is -0.175. The van der Waals surface area contributed by atoms with Crippen LogP contribution in [0.15, 0.2) is 18.2 Å². The average molecular weight is 422 g/mol. The molecule has 0 aliphatic carbocycles. The summed E-state index contributed by atoms with van der Waals surface area (Å²) in [6.07, 6.45) is 4.26. The summed E-state index contributed by atoms with van der Waals surface area (Å²) in [6, 6.07) is 6.21. The predicted molar refractivity (Wildman–Crippen MR) is 120 cm³/mol. The van der Waals surface area contributed by atoms with E-state index in [1.807, 2.05) is 20.8 Å². The molecular formula is C24H39NO5. The molecule has 0 bridgehead atoms. The Morgan fingerprint density at radius 3 is 1.90 bits per heavy atom. The Labute approximate surface area is 181 Å². The van der Waals surface area contributed by atoms with Crippen molar-refractivity contribution in [2.24, 2.45) is 0 Å². The van der Waals surface area contributed by atoms with E-state index in [0.717, 1.165) is 29.8 Å². The molecule has 0 amide bonds. The SMILES string of the molecule is CCOC(=O)CCCN(CCCC(=O)OCC)c1ccc(C)c(OC(CC)CC)c1. The average Bonchev–Trinajstić information content (AvgIpc) is 2.72. The van der Waals surface area contributed by atoms with Gasteiger partial charge in [-0.3, -0.25) is 9.59 Å². The van der Waals surface area contributed by atoms with E-state index in [-0.39, 0.29) is 18.0 Å². The Bertz CT molecular complexity index is 618. The van der Waals surface area contributed by atoms with Gasteiger partial charge in [0.2, 0.25) is 0 Å². The summed E-state index contributed by atoms with van der Waals surface area (Å²) >= 11 is 0. The first-order valence-electron chi connectivity index (χ1n) is 11.3. The van der Waals surface area contributed by atoms with Crippen molar-refractivity contribution in [3.05, 3.63) is 23.8 Å². The molecule has 1 aromatic carbocycles. The number of ether oxygens (including phenoxy) is 3. The van der Waals surface area contributed by atoms with Crippen LogP contribution in [0.5, 0.6) is 5.75 Å². The lowest BCUT2D eigenvalue weighted by atomic mass is 10.1. The number of carbonyl (C=O) groups is 2. The minimum absolute atomic E-state index is 0.175. The minimum Gasteiger partial charge on any atom is -0.490 e. The molecule has 1 aromatic rings. The van der Waals surface area contributed by atoms with Crippen molar-refractivity contribution in [3.63, 3.8) is 0 Å². The van der Waals surface area contributed by atoms with E-state index in [1.165, 1.54) is 0 Å². The second-order valence-electron chi connectivity index (χ2n) is 7.31. The molecule has 0 saturated carbocycles. The second-order valence-corrected chi connectivity index (χ2v) is 7.31. The number of benzene rings is 1. The van der Waals surface area contributed by atoms with Crippen LogP contribution in [0.2, 0.25) is 0 Å². The third-order valence-corrected chi connectivity index (χ3v) is 4.97. The molecule has 0 radical (unpaired) electrons. The molecule has 0 aliphatic rings. The van der Waals surface area contributed by atoms with Gasteiger partial charge < -0.3 is 19.1 Å². The first-order chi connectivity index (χ1) is 14.4. The van der Waals surface area contributed by atoms with Gasteiger partial charge in [0.1, 0.15) is 5.75 Å². The molecule has 1 rings (SSSR count). The molecule has 0 fully saturated rings. The highest BCUT2D eigenvalue weighted by Crippen LogP contribution is 2.28. The second kappa shape index (κ2) is 14.7. The van der Waals surface area contributed by atoms with Gasteiger partial charge in [0.05, 0.1) is 19.3 Å². The van der Waals surface area contributed by atoms with Crippen LogP contribution >= 0.6 is 0 Å². The van der Waals surface area contributed by atoms with Crippen molar-refractivity contribution in [2.75, 3.05) is 31.2 Å². The lowest BCUT2D eigenvalue weighted by molar-refractivity contribution is -0.144. The van der Waals surface area contributed by atoms with Gasteiger partial charge in [-0.25, -0.2) is 0 Å². The maximum atomic E-state index is 11.7. The summed E-state index contributed by atoms with van der Waals surface area (Å²) < 4.78 is 16.3.